The Morgan fingerprint density at radius 3 is 2.34 bits per heavy atom. The predicted molar refractivity (Wildman–Crippen MR) is 106 cm³/mol. The molecule has 2 unspecified atom stereocenters. The van der Waals surface area contributed by atoms with Crippen LogP contribution in [0.3, 0.4) is 0 Å². The first-order valence-corrected chi connectivity index (χ1v) is 9.77. The molecule has 0 radical (unpaired) electrons. The summed E-state index contributed by atoms with van der Waals surface area (Å²) in [6.45, 7) is 0. The number of Topliss-reactive ketones (excluding diaryl/α,β-unsaturated/α-hetero) is 3. The van der Waals surface area contributed by atoms with Gasteiger partial charge in [0.05, 0.1) is 12.0 Å². The molecular formula is C23H19ClFNO3. The summed E-state index contributed by atoms with van der Waals surface area (Å²) in [5.41, 5.74) is 1.09. The van der Waals surface area contributed by atoms with Crippen LogP contribution < -0.4 is 0 Å². The van der Waals surface area contributed by atoms with Crippen LogP contribution >= 0.6 is 11.6 Å². The summed E-state index contributed by atoms with van der Waals surface area (Å²) >= 11 is 5.96. The van der Waals surface area contributed by atoms with Gasteiger partial charge < -0.3 is 0 Å². The minimum absolute atomic E-state index is 0.168. The third-order valence-corrected chi connectivity index (χ3v) is 5.53. The van der Waals surface area contributed by atoms with Crippen LogP contribution in [-0.2, 0) is 14.4 Å². The number of benzene rings is 2. The summed E-state index contributed by atoms with van der Waals surface area (Å²) < 4.78 is 13.8. The zero-order chi connectivity index (χ0) is 21.0. The molecule has 0 aromatic heterocycles. The fourth-order valence-electron chi connectivity index (χ4n) is 3.83. The maximum Gasteiger partial charge on any atom is 0.151 e. The van der Waals surface area contributed by atoms with Gasteiger partial charge in [-0.3, -0.25) is 14.4 Å². The average molecular weight is 412 g/mol. The molecule has 2 aromatic carbocycles. The lowest BCUT2D eigenvalue weighted by Gasteiger charge is -2.25. The molecule has 0 bridgehead atoms. The van der Waals surface area contributed by atoms with Crippen LogP contribution in [0.1, 0.15) is 48.6 Å². The van der Waals surface area contributed by atoms with Crippen molar-refractivity contribution >= 4 is 29.0 Å². The van der Waals surface area contributed by atoms with Gasteiger partial charge in [0.2, 0.25) is 0 Å². The van der Waals surface area contributed by atoms with E-state index in [4.69, 9.17) is 11.6 Å². The Morgan fingerprint density at radius 1 is 1.10 bits per heavy atom. The molecule has 1 aliphatic carbocycles. The third kappa shape index (κ3) is 4.78. The quantitative estimate of drug-likeness (QED) is 0.642. The van der Waals surface area contributed by atoms with Gasteiger partial charge in [-0.1, -0.05) is 35.9 Å². The van der Waals surface area contributed by atoms with Crippen molar-refractivity contribution in [2.24, 2.45) is 5.92 Å². The highest BCUT2D eigenvalue weighted by Crippen LogP contribution is 2.37. The highest BCUT2D eigenvalue weighted by Gasteiger charge is 2.38. The first kappa shape index (κ1) is 20.9. The molecule has 3 rings (SSSR count). The van der Waals surface area contributed by atoms with Gasteiger partial charge in [0.1, 0.15) is 11.7 Å². The topological polar surface area (TPSA) is 75.0 Å². The maximum atomic E-state index is 13.8. The smallest absolute Gasteiger partial charge is 0.151 e. The van der Waals surface area contributed by atoms with Gasteiger partial charge in [0, 0.05) is 30.2 Å². The minimum atomic E-state index is -1.26. The fraction of sp³-hybridized carbons (Fsp3) is 0.304. The molecule has 1 aliphatic rings. The lowest BCUT2D eigenvalue weighted by Crippen LogP contribution is -2.36. The van der Waals surface area contributed by atoms with Crippen LogP contribution in [-0.4, -0.2) is 17.3 Å². The normalized spacial score (nSPS) is 16.9. The van der Waals surface area contributed by atoms with E-state index in [1.54, 1.807) is 30.3 Å². The van der Waals surface area contributed by atoms with Crippen LogP contribution in [0.2, 0.25) is 5.02 Å². The zero-order valence-electron chi connectivity index (χ0n) is 15.6. The Morgan fingerprint density at radius 2 is 1.76 bits per heavy atom. The standard InChI is InChI=1S/C23H19ClFNO3/c24-16-9-7-14(8-10-16)18(19(13-26)15-3-1-4-17(25)11-15)12-22(29)23-20(27)5-2-6-21(23)28/h1,3-4,7-11,18-19,23H,2,5-6,12H2. The van der Waals surface area contributed by atoms with Crippen molar-refractivity contribution in [3.05, 3.63) is 70.5 Å². The van der Waals surface area contributed by atoms with Gasteiger partial charge in [0.25, 0.3) is 0 Å². The summed E-state index contributed by atoms with van der Waals surface area (Å²) in [7, 11) is 0. The van der Waals surface area contributed by atoms with Gasteiger partial charge in [0.15, 0.2) is 17.3 Å². The Hall–Kier alpha value is -2.84. The molecule has 1 saturated carbocycles. The van der Waals surface area contributed by atoms with Crippen molar-refractivity contribution < 1.29 is 18.8 Å². The van der Waals surface area contributed by atoms with E-state index in [2.05, 4.69) is 6.07 Å². The van der Waals surface area contributed by atoms with Crippen molar-refractivity contribution in [2.45, 2.75) is 37.5 Å². The molecular weight excluding hydrogens is 393 g/mol. The Kier molecular flexibility index (Phi) is 6.56. The van der Waals surface area contributed by atoms with Crippen LogP contribution in [0.25, 0.3) is 0 Å². The van der Waals surface area contributed by atoms with Crippen LogP contribution in [0.15, 0.2) is 48.5 Å². The number of hydrogen-bond acceptors (Lipinski definition) is 4. The van der Waals surface area contributed by atoms with E-state index in [0.717, 1.165) is 0 Å². The molecule has 0 heterocycles. The van der Waals surface area contributed by atoms with E-state index in [1.165, 1.54) is 18.2 Å². The molecule has 1 fully saturated rings. The first-order chi connectivity index (χ1) is 13.9. The number of ketones is 3. The number of hydrogen-bond donors (Lipinski definition) is 0. The molecule has 0 aliphatic heterocycles. The molecule has 2 atom stereocenters. The summed E-state index contributed by atoms with van der Waals surface area (Å²) in [5, 5.41) is 10.3. The monoisotopic (exact) mass is 411 g/mol. The second kappa shape index (κ2) is 9.11. The van der Waals surface area contributed by atoms with E-state index < -0.39 is 29.4 Å². The molecule has 4 nitrogen and oxygen atoms in total. The van der Waals surface area contributed by atoms with E-state index in [9.17, 15) is 24.0 Å². The predicted octanol–water partition coefficient (Wildman–Crippen LogP) is 4.77. The van der Waals surface area contributed by atoms with Crippen LogP contribution in [0, 0.1) is 23.1 Å². The summed E-state index contributed by atoms with van der Waals surface area (Å²) in [6, 6.07) is 14.5. The number of halogens is 2. The molecule has 0 amide bonds. The van der Waals surface area contributed by atoms with Crippen LogP contribution in [0.4, 0.5) is 4.39 Å². The van der Waals surface area contributed by atoms with Crippen LogP contribution in [0.5, 0.6) is 0 Å². The lowest BCUT2D eigenvalue weighted by molar-refractivity contribution is -0.142. The molecule has 0 spiro atoms. The lowest BCUT2D eigenvalue weighted by atomic mass is 9.75. The number of nitrogens with zero attached hydrogens (tertiary/aromatic N) is 1. The van der Waals surface area contributed by atoms with Gasteiger partial charge in [-0.15, -0.1) is 0 Å². The SMILES string of the molecule is N#CC(c1cccc(F)c1)C(CC(=O)C1C(=O)CCCC1=O)c1ccc(Cl)cc1. The molecule has 148 valence electrons. The van der Waals surface area contributed by atoms with Crippen molar-refractivity contribution in [1.82, 2.24) is 0 Å². The molecule has 0 saturated heterocycles. The average Bonchev–Trinajstić information content (AvgIpc) is 2.68. The largest absolute Gasteiger partial charge is 0.298 e. The van der Waals surface area contributed by atoms with Crippen molar-refractivity contribution in [1.29, 1.82) is 5.26 Å². The number of carbonyl (C=O) groups is 3. The number of rotatable bonds is 6. The van der Waals surface area contributed by atoms with Gasteiger partial charge >= 0.3 is 0 Å². The highest BCUT2D eigenvalue weighted by atomic mass is 35.5. The Bertz CT molecular complexity index is 964. The Balaban J connectivity index is 1.98. The van der Waals surface area contributed by atoms with E-state index in [0.29, 0.717) is 22.6 Å². The summed E-state index contributed by atoms with van der Waals surface area (Å²) in [5.74, 6) is -4.43. The minimum Gasteiger partial charge on any atom is -0.298 e. The fourth-order valence-corrected chi connectivity index (χ4v) is 3.96. The maximum absolute atomic E-state index is 13.8. The van der Waals surface area contributed by atoms with Crippen molar-refractivity contribution in [2.75, 3.05) is 0 Å². The highest BCUT2D eigenvalue weighted by molar-refractivity contribution is 6.30. The van der Waals surface area contributed by atoms with E-state index in [1.807, 2.05) is 0 Å². The molecule has 29 heavy (non-hydrogen) atoms. The summed E-state index contributed by atoms with van der Waals surface area (Å²) in [4.78, 5) is 37.3. The van der Waals surface area contributed by atoms with Crippen molar-refractivity contribution in [3.63, 3.8) is 0 Å². The van der Waals surface area contributed by atoms with E-state index in [-0.39, 0.29) is 30.8 Å². The second-order valence-corrected chi connectivity index (χ2v) is 7.65. The van der Waals surface area contributed by atoms with Crippen molar-refractivity contribution in [3.8, 4) is 6.07 Å². The van der Waals surface area contributed by atoms with Gasteiger partial charge in [-0.05, 0) is 41.8 Å². The number of nitriles is 1. The van der Waals surface area contributed by atoms with Gasteiger partial charge in [-0.25, -0.2) is 4.39 Å². The first-order valence-electron chi connectivity index (χ1n) is 9.39. The summed E-state index contributed by atoms with van der Waals surface area (Å²) in [6.07, 6.45) is 0.712. The Labute approximate surface area is 173 Å². The number of carbonyl (C=O) groups excluding carboxylic acids is 3. The molecule has 2 aromatic rings. The molecule has 0 N–H and O–H groups in total. The third-order valence-electron chi connectivity index (χ3n) is 5.28. The zero-order valence-corrected chi connectivity index (χ0v) is 16.4. The van der Waals surface area contributed by atoms with Gasteiger partial charge in [-0.2, -0.15) is 5.26 Å². The molecule has 6 heteroatoms. The van der Waals surface area contributed by atoms with E-state index >= 15 is 0 Å². The second-order valence-electron chi connectivity index (χ2n) is 7.21.